The summed E-state index contributed by atoms with van der Waals surface area (Å²) in [6.07, 6.45) is 0.305. The van der Waals surface area contributed by atoms with Gasteiger partial charge in [-0.05, 0) is 25.5 Å². The third-order valence-corrected chi connectivity index (χ3v) is 3.03. The van der Waals surface area contributed by atoms with Crippen LogP contribution in [0, 0.1) is 0 Å². The van der Waals surface area contributed by atoms with E-state index in [1.54, 1.807) is 0 Å². The molecule has 0 fully saturated rings. The Bertz CT molecular complexity index is 315. The fourth-order valence-electron chi connectivity index (χ4n) is 1.54. The summed E-state index contributed by atoms with van der Waals surface area (Å²) in [5.41, 5.74) is 2.58. The molecule has 0 aliphatic carbocycles. The van der Waals surface area contributed by atoms with Crippen LogP contribution in [0.4, 0.5) is 5.69 Å². The van der Waals surface area contributed by atoms with Crippen molar-refractivity contribution in [2.75, 3.05) is 25.1 Å². The van der Waals surface area contributed by atoms with Gasteiger partial charge >= 0.3 is 0 Å². The van der Waals surface area contributed by atoms with Crippen molar-refractivity contribution >= 4 is 21.6 Å². The van der Waals surface area contributed by atoms with Crippen molar-refractivity contribution in [1.29, 1.82) is 0 Å². The van der Waals surface area contributed by atoms with E-state index < -0.39 is 0 Å². The van der Waals surface area contributed by atoms with Gasteiger partial charge in [-0.3, -0.25) is 0 Å². The minimum absolute atomic E-state index is 0.305. The molecule has 0 N–H and O–H groups in total. The molecule has 0 saturated carbocycles. The number of hydrogen-bond donors (Lipinski definition) is 0. The van der Waals surface area contributed by atoms with Crippen molar-refractivity contribution in [3.8, 4) is 0 Å². The highest BCUT2D eigenvalue weighted by Gasteiger charge is 2.05. The molecule has 1 aromatic carbocycles. The number of rotatable bonds is 6. The molecule has 0 bridgehead atoms. The first-order chi connectivity index (χ1) is 7.65. The smallest absolute Gasteiger partial charge is 0.0644 e. The average Bonchev–Trinajstić information content (AvgIpc) is 2.28. The molecule has 0 radical (unpaired) electrons. The minimum Gasteiger partial charge on any atom is -0.377 e. The Kier molecular flexibility index (Phi) is 5.85. The maximum absolute atomic E-state index is 5.55. The number of para-hydroxylation sites is 1. The molecule has 0 aliphatic rings. The number of anilines is 1. The number of nitrogens with zero attached hydrogens (tertiary/aromatic N) is 1. The van der Waals surface area contributed by atoms with Crippen LogP contribution in [0.15, 0.2) is 24.3 Å². The molecule has 0 aliphatic heterocycles. The van der Waals surface area contributed by atoms with Gasteiger partial charge in [0.1, 0.15) is 0 Å². The SMILES string of the molecule is CC(C)OCCN(C)c1ccccc1CBr. The molecule has 0 aromatic heterocycles. The van der Waals surface area contributed by atoms with Crippen LogP contribution < -0.4 is 4.90 Å². The van der Waals surface area contributed by atoms with Crippen molar-refractivity contribution in [3.05, 3.63) is 29.8 Å². The van der Waals surface area contributed by atoms with Crippen LogP contribution in [0.25, 0.3) is 0 Å². The summed E-state index contributed by atoms with van der Waals surface area (Å²) in [6.45, 7) is 5.81. The van der Waals surface area contributed by atoms with Crippen molar-refractivity contribution in [2.24, 2.45) is 0 Å². The highest BCUT2D eigenvalue weighted by atomic mass is 79.9. The molecular formula is C13H20BrNO. The normalized spacial score (nSPS) is 10.8. The minimum atomic E-state index is 0.305. The van der Waals surface area contributed by atoms with E-state index in [0.29, 0.717) is 6.10 Å². The van der Waals surface area contributed by atoms with Crippen LogP contribution >= 0.6 is 15.9 Å². The number of alkyl halides is 1. The zero-order chi connectivity index (χ0) is 12.0. The van der Waals surface area contributed by atoms with Crippen LogP contribution in [0.2, 0.25) is 0 Å². The summed E-state index contributed by atoms with van der Waals surface area (Å²) >= 11 is 3.51. The topological polar surface area (TPSA) is 12.5 Å². The maximum atomic E-state index is 5.55. The van der Waals surface area contributed by atoms with E-state index in [4.69, 9.17) is 4.74 Å². The maximum Gasteiger partial charge on any atom is 0.0644 e. The van der Waals surface area contributed by atoms with Crippen LogP contribution in [0.1, 0.15) is 19.4 Å². The van der Waals surface area contributed by atoms with Gasteiger partial charge in [-0.2, -0.15) is 0 Å². The first-order valence-electron chi connectivity index (χ1n) is 5.61. The Labute approximate surface area is 107 Å². The van der Waals surface area contributed by atoms with Crippen molar-refractivity contribution in [2.45, 2.75) is 25.3 Å². The van der Waals surface area contributed by atoms with E-state index in [-0.39, 0.29) is 0 Å². The van der Waals surface area contributed by atoms with Gasteiger partial charge in [0.25, 0.3) is 0 Å². The summed E-state index contributed by atoms with van der Waals surface area (Å²) in [7, 11) is 2.10. The van der Waals surface area contributed by atoms with Crippen LogP contribution in [0.5, 0.6) is 0 Å². The lowest BCUT2D eigenvalue weighted by Crippen LogP contribution is -2.24. The molecular weight excluding hydrogens is 266 g/mol. The lowest BCUT2D eigenvalue weighted by Gasteiger charge is -2.22. The van der Waals surface area contributed by atoms with Gasteiger partial charge in [0, 0.05) is 24.6 Å². The Balaban J connectivity index is 2.55. The van der Waals surface area contributed by atoms with Crippen LogP contribution in [-0.2, 0) is 10.1 Å². The lowest BCUT2D eigenvalue weighted by atomic mass is 10.2. The Morgan fingerprint density at radius 3 is 2.62 bits per heavy atom. The third-order valence-electron chi connectivity index (χ3n) is 2.42. The molecule has 0 saturated heterocycles. The second kappa shape index (κ2) is 6.92. The van der Waals surface area contributed by atoms with Gasteiger partial charge in [0.2, 0.25) is 0 Å². The monoisotopic (exact) mass is 285 g/mol. The van der Waals surface area contributed by atoms with Gasteiger partial charge in [-0.1, -0.05) is 34.1 Å². The number of ether oxygens (including phenoxy) is 1. The molecule has 1 rings (SSSR count). The number of hydrogen-bond acceptors (Lipinski definition) is 2. The number of halogens is 1. The zero-order valence-electron chi connectivity index (χ0n) is 10.2. The molecule has 0 atom stereocenters. The molecule has 0 heterocycles. The van der Waals surface area contributed by atoms with E-state index >= 15 is 0 Å². The first-order valence-corrected chi connectivity index (χ1v) is 6.74. The molecule has 1 aromatic rings. The van der Waals surface area contributed by atoms with E-state index in [1.807, 2.05) is 0 Å². The summed E-state index contributed by atoms with van der Waals surface area (Å²) in [6, 6.07) is 8.43. The molecule has 2 nitrogen and oxygen atoms in total. The zero-order valence-corrected chi connectivity index (χ0v) is 11.8. The third kappa shape index (κ3) is 4.14. The lowest BCUT2D eigenvalue weighted by molar-refractivity contribution is 0.0846. The standard InChI is InChI=1S/C13H20BrNO/c1-11(2)16-9-8-15(3)13-7-5-4-6-12(13)10-14/h4-7,11H,8-10H2,1-3H3. The van der Waals surface area contributed by atoms with Gasteiger partial charge in [0.05, 0.1) is 12.7 Å². The quantitative estimate of drug-likeness (QED) is 0.743. The second-order valence-corrected chi connectivity index (χ2v) is 4.66. The van der Waals surface area contributed by atoms with E-state index in [2.05, 4.69) is 66.0 Å². The Morgan fingerprint density at radius 1 is 1.31 bits per heavy atom. The van der Waals surface area contributed by atoms with Crippen LogP contribution in [-0.4, -0.2) is 26.3 Å². The van der Waals surface area contributed by atoms with Crippen LogP contribution in [0.3, 0.4) is 0 Å². The summed E-state index contributed by atoms with van der Waals surface area (Å²) in [4.78, 5) is 2.24. The van der Waals surface area contributed by atoms with Crippen molar-refractivity contribution < 1.29 is 4.74 Å². The highest BCUT2D eigenvalue weighted by Crippen LogP contribution is 2.21. The van der Waals surface area contributed by atoms with Gasteiger partial charge in [-0.25, -0.2) is 0 Å². The van der Waals surface area contributed by atoms with Crippen molar-refractivity contribution in [3.63, 3.8) is 0 Å². The second-order valence-electron chi connectivity index (χ2n) is 4.10. The molecule has 0 unspecified atom stereocenters. The van der Waals surface area contributed by atoms with E-state index in [1.165, 1.54) is 11.3 Å². The largest absolute Gasteiger partial charge is 0.377 e. The first kappa shape index (κ1) is 13.5. The molecule has 90 valence electrons. The number of likely N-dealkylation sites (N-methyl/N-ethyl adjacent to an activating group) is 1. The predicted octanol–water partition coefficient (Wildman–Crippen LogP) is 3.44. The fourth-order valence-corrected chi connectivity index (χ4v) is 2.02. The molecule has 16 heavy (non-hydrogen) atoms. The average molecular weight is 286 g/mol. The van der Waals surface area contributed by atoms with Gasteiger partial charge < -0.3 is 9.64 Å². The van der Waals surface area contributed by atoms with E-state index in [0.717, 1.165) is 18.5 Å². The molecule has 0 spiro atoms. The Morgan fingerprint density at radius 2 is 2.00 bits per heavy atom. The highest BCUT2D eigenvalue weighted by molar-refractivity contribution is 9.08. The summed E-state index contributed by atoms with van der Waals surface area (Å²) in [5, 5.41) is 0.887. The fraction of sp³-hybridized carbons (Fsp3) is 0.538. The number of benzene rings is 1. The predicted molar refractivity (Wildman–Crippen MR) is 73.4 cm³/mol. The molecule has 3 heteroatoms. The van der Waals surface area contributed by atoms with Gasteiger partial charge in [0.15, 0.2) is 0 Å². The summed E-state index contributed by atoms with van der Waals surface area (Å²) < 4.78 is 5.55. The van der Waals surface area contributed by atoms with E-state index in [9.17, 15) is 0 Å². The summed E-state index contributed by atoms with van der Waals surface area (Å²) in [5.74, 6) is 0. The van der Waals surface area contributed by atoms with Crippen molar-refractivity contribution in [1.82, 2.24) is 0 Å². The molecule has 0 amide bonds. The Hall–Kier alpha value is -0.540. The van der Waals surface area contributed by atoms with Gasteiger partial charge in [-0.15, -0.1) is 0 Å².